The lowest BCUT2D eigenvalue weighted by molar-refractivity contribution is 0.459. The molecule has 4 nitrogen and oxygen atoms in total. The van der Waals surface area contributed by atoms with E-state index in [9.17, 15) is 8.42 Å². The van der Waals surface area contributed by atoms with Gasteiger partial charge in [0.15, 0.2) is 0 Å². The highest BCUT2D eigenvalue weighted by Crippen LogP contribution is 2.32. The van der Waals surface area contributed by atoms with Crippen molar-refractivity contribution in [2.75, 3.05) is 19.6 Å². The summed E-state index contributed by atoms with van der Waals surface area (Å²) in [5.74, 6) is 0.241. The SMILES string of the molecule is Cl.NCC1CCN(S(=O)(=O)c2cccc(Br)c2Cl)C1. The van der Waals surface area contributed by atoms with Crippen LogP contribution in [0.4, 0.5) is 0 Å². The summed E-state index contributed by atoms with van der Waals surface area (Å²) in [6.45, 7) is 1.49. The van der Waals surface area contributed by atoms with Crippen molar-refractivity contribution in [3.05, 3.63) is 27.7 Å². The smallest absolute Gasteiger partial charge is 0.244 e. The van der Waals surface area contributed by atoms with E-state index in [2.05, 4.69) is 15.9 Å². The van der Waals surface area contributed by atoms with Gasteiger partial charge in [-0.25, -0.2) is 8.42 Å². The normalized spacial score (nSPS) is 20.3. The van der Waals surface area contributed by atoms with E-state index in [1.807, 2.05) is 0 Å². The lowest BCUT2D eigenvalue weighted by Gasteiger charge is -2.17. The van der Waals surface area contributed by atoms with Crippen LogP contribution in [0.3, 0.4) is 0 Å². The standard InChI is InChI=1S/C11H14BrClN2O2S.ClH/c12-9-2-1-3-10(11(9)13)18(16,17)15-5-4-8(6-14)7-15;/h1-3,8H,4-7,14H2;1H. The molecule has 0 aromatic heterocycles. The largest absolute Gasteiger partial charge is 0.330 e. The third kappa shape index (κ3) is 3.43. The van der Waals surface area contributed by atoms with Crippen molar-refractivity contribution in [2.45, 2.75) is 11.3 Å². The maximum atomic E-state index is 12.4. The van der Waals surface area contributed by atoms with Gasteiger partial charge in [0.2, 0.25) is 10.0 Å². The third-order valence-electron chi connectivity index (χ3n) is 3.12. The molecule has 2 rings (SSSR count). The summed E-state index contributed by atoms with van der Waals surface area (Å²) in [5, 5.41) is 0.230. The summed E-state index contributed by atoms with van der Waals surface area (Å²) in [6, 6.07) is 4.91. The first-order valence-corrected chi connectivity index (χ1v) is 8.22. The minimum atomic E-state index is -3.52. The van der Waals surface area contributed by atoms with Crippen LogP contribution in [0.5, 0.6) is 0 Å². The minimum absolute atomic E-state index is 0. The number of hydrogen-bond donors (Lipinski definition) is 1. The molecule has 19 heavy (non-hydrogen) atoms. The van der Waals surface area contributed by atoms with Crippen LogP contribution < -0.4 is 5.73 Å². The molecule has 2 N–H and O–H groups in total. The molecule has 1 aromatic rings. The van der Waals surface area contributed by atoms with E-state index in [4.69, 9.17) is 17.3 Å². The molecule has 0 aliphatic carbocycles. The van der Waals surface area contributed by atoms with Crippen LogP contribution in [-0.4, -0.2) is 32.4 Å². The fraction of sp³-hybridized carbons (Fsp3) is 0.455. The second-order valence-corrected chi connectivity index (χ2v) is 7.44. The molecule has 1 aromatic carbocycles. The zero-order valence-electron chi connectivity index (χ0n) is 10.1. The van der Waals surface area contributed by atoms with Crippen molar-refractivity contribution in [1.82, 2.24) is 4.31 Å². The third-order valence-corrected chi connectivity index (χ3v) is 6.43. The van der Waals surface area contributed by atoms with Gasteiger partial charge in [-0.15, -0.1) is 12.4 Å². The van der Waals surface area contributed by atoms with Crippen molar-refractivity contribution in [3.8, 4) is 0 Å². The second-order valence-electron chi connectivity index (χ2n) is 4.31. The first-order chi connectivity index (χ1) is 8.46. The molecule has 1 aliphatic rings. The molecule has 8 heteroatoms. The fourth-order valence-corrected chi connectivity index (χ4v) is 4.56. The Labute approximate surface area is 132 Å². The Morgan fingerprint density at radius 1 is 1.47 bits per heavy atom. The molecule has 0 bridgehead atoms. The van der Waals surface area contributed by atoms with Crippen LogP contribution in [0.15, 0.2) is 27.6 Å². The summed E-state index contributed by atoms with van der Waals surface area (Å²) >= 11 is 9.29. The van der Waals surface area contributed by atoms with Crippen LogP contribution in [0, 0.1) is 5.92 Å². The highest BCUT2D eigenvalue weighted by atomic mass is 79.9. The Hall–Kier alpha value is 0.150. The van der Waals surface area contributed by atoms with Crippen molar-refractivity contribution in [3.63, 3.8) is 0 Å². The van der Waals surface area contributed by atoms with Gasteiger partial charge in [-0.1, -0.05) is 17.7 Å². The molecule has 1 saturated heterocycles. The summed E-state index contributed by atoms with van der Waals surface area (Å²) < 4.78 is 26.9. The lowest BCUT2D eigenvalue weighted by Crippen LogP contribution is -2.30. The van der Waals surface area contributed by atoms with Gasteiger partial charge in [0.1, 0.15) is 4.90 Å². The highest BCUT2D eigenvalue weighted by molar-refractivity contribution is 9.10. The van der Waals surface area contributed by atoms with Gasteiger partial charge in [0.25, 0.3) is 0 Å². The van der Waals surface area contributed by atoms with E-state index < -0.39 is 10.0 Å². The van der Waals surface area contributed by atoms with Crippen molar-refractivity contribution in [1.29, 1.82) is 0 Å². The van der Waals surface area contributed by atoms with E-state index in [-0.39, 0.29) is 28.2 Å². The van der Waals surface area contributed by atoms with Gasteiger partial charge in [0.05, 0.1) is 5.02 Å². The summed E-state index contributed by atoms with van der Waals surface area (Å²) in [5.41, 5.74) is 5.58. The van der Waals surface area contributed by atoms with Gasteiger partial charge in [-0.2, -0.15) is 4.31 Å². The summed E-state index contributed by atoms with van der Waals surface area (Å²) in [7, 11) is -3.52. The molecule has 0 spiro atoms. The first kappa shape index (κ1) is 17.2. The summed E-state index contributed by atoms with van der Waals surface area (Å²) in [6.07, 6.45) is 0.807. The molecule has 1 heterocycles. The Bertz CT molecular complexity index is 554. The van der Waals surface area contributed by atoms with Gasteiger partial charge >= 0.3 is 0 Å². The molecule has 1 fully saturated rings. The predicted molar refractivity (Wildman–Crippen MR) is 82.3 cm³/mol. The van der Waals surface area contributed by atoms with Crippen LogP contribution in [0.25, 0.3) is 0 Å². The van der Waals surface area contributed by atoms with Crippen molar-refractivity contribution < 1.29 is 8.42 Å². The zero-order valence-corrected chi connectivity index (χ0v) is 14.0. The van der Waals surface area contributed by atoms with Crippen LogP contribution in [0.2, 0.25) is 5.02 Å². The highest BCUT2D eigenvalue weighted by Gasteiger charge is 2.33. The quantitative estimate of drug-likeness (QED) is 0.863. The Morgan fingerprint density at radius 2 is 2.16 bits per heavy atom. The maximum absolute atomic E-state index is 12.4. The van der Waals surface area contributed by atoms with Crippen LogP contribution in [-0.2, 0) is 10.0 Å². The zero-order chi connectivity index (χ0) is 13.3. The number of halogens is 3. The number of nitrogens with two attached hydrogens (primary N) is 1. The first-order valence-electron chi connectivity index (χ1n) is 5.61. The van der Waals surface area contributed by atoms with Gasteiger partial charge in [-0.05, 0) is 46.9 Å². The fourth-order valence-electron chi connectivity index (χ4n) is 2.03. The number of sulfonamides is 1. The van der Waals surface area contributed by atoms with Gasteiger partial charge in [0, 0.05) is 17.6 Å². The molecule has 1 aliphatic heterocycles. The van der Waals surface area contributed by atoms with E-state index in [1.54, 1.807) is 12.1 Å². The lowest BCUT2D eigenvalue weighted by atomic mass is 10.1. The average Bonchev–Trinajstić information content (AvgIpc) is 2.81. The van der Waals surface area contributed by atoms with E-state index >= 15 is 0 Å². The summed E-state index contributed by atoms with van der Waals surface area (Å²) in [4.78, 5) is 0.149. The predicted octanol–water partition coefficient (Wildman–Crippen LogP) is 2.49. The molecule has 0 saturated carbocycles. The van der Waals surface area contributed by atoms with E-state index in [1.165, 1.54) is 10.4 Å². The van der Waals surface area contributed by atoms with Gasteiger partial charge in [-0.3, -0.25) is 0 Å². The van der Waals surface area contributed by atoms with Crippen molar-refractivity contribution >= 4 is 50.0 Å². The van der Waals surface area contributed by atoms with Crippen LogP contribution >= 0.6 is 39.9 Å². The topological polar surface area (TPSA) is 63.4 Å². The van der Waals surface area contributed by atoms with Crippen LogP contribution in [0.1, 0.15) is 6.42 Å². The number of rotatable bonds is 3. The molecule has 0 amide bonds. The molecular weight excluding hydrogens is 375 g/mol. The monoisotopic (exact) mass is 388 g/mol. The molecule has 1 unspecified atom stereocenters. The Kier molecular flexibility index (Phi) is 6.10. The number of nitrogens with zero attached hydrogens (tertiary/aromatic N) is 1. The number of benzene rings is 1. The second kappa shape index (κ2) is 6.74. The number of hydrogen-bond acceptors (Lipinski definition) is 3. The maximum Gasteiger partial charge on any atom is 0.244 e. The molecule has 108 valence electrons. The minimum Gasteiger partial charge on any atom is -0.330 e. The Balaban J connectivity index is 0.00000180. The molecule has 0 radical (unpaired) electrons. The van der Waals surface area contributed by atoms with E-state index in [0.717, 1.165) is 6.42 Å². The molecular formula is C11H15BrCl2N2O2S. The average molecular weight is 390 g/mol. The van der Waals surface area contributed by atoms with E-state index in [0.29, 0.717) is 24.1 Å². The van der Waals surface area contributed by atoms with Gasteiger partial charge < -0.3 is 5.73 Å². The molecule has 1 atom stereocenters. The Morgan fingerprint density at radius 3 is 2.74 bits per heavy atom. The van der Waals surface area contributed by atoms with Crippen molar-refractivity contribution in [2.24, 2.45) is 11.7 Å².